The molecule has 0 saturated carbocycles. The second-order valence-electron chi connectivity index (χ2n) is 5.39. The van der Waals surface area contributed by atoms with Crippen molar-refractivity contribution in [2.75, 3.05) is 6.54 Å². The third kappa shape index (κ3) is 5.82. The van der Waals surface area contributed by atoms with E-state index in [0.717, 1.165) is 0 Å². The minimum atomic E-state index is -0.838. The summed E-state index contributed by atoms with van der Waals surface area (Å²) in [7, 11) is 0. The molecule has 1 unspecified atom stereocenters. The van der Waals surface area contributed by atoms with E-state index in [1.54, 1.807) is 17.8 Å². The Balaban J connectivity index is 2.24. The number of amides is 1. The van der Waals surface area contributed by atoms with Gasteiger partial charge in [-0.3, -0.25) is 9.48 Å². The van der Waals surface area contributed by atoms with E-state index in [0.29, 0.717) is 31.8 Å². The fraction of sp³-hybridized carbons (Fsp3) is 0.692. The molecule has 1 rings (SSSR count). The first-order valence-electron chi connectivity index (χ1n) is 6.35. The summed E-state index contributed by atoms with van der Waals surface area (Å²) in [5, 5.41) is 16.8. The number of carbonyl (C=O) groups is 1. The second kappa shape index (κ2) is 6.54. The zero-order chi connectivity index (χ0) is 13.6. The SMILES string of the molecule is CC(C)CC(C)(O)CNC(=O)CCn1cccn1. The van der Waals surface area contributed by atoms with E-state index >= 15 is 0 Å². The minimum absolute atomic E-state index is 0.0606. The van der Waals surface area contributed by atoms with Crippen LogP contribution < -0.4 is 5.32 Å². The molecule has 0 aromatic carbocycles. The molecule has 102 valence electrons. The predicted molar refractivity (Wildman–Crippen MR) is 69.9 cm³/mol. The van der Waals surface area contributed by atoms with Crippen molar-refractivity contribution in [3.8, 4) is 0 Å². The Kier molecular flexibility index (Phi) is 5.34. The lowest BCUT2D eigenvalue weighted by Crippen LogP contribution is -2.41. The van der Waals surface area contributed by atoms with Crippen molar-refractivity contribution in [2.24, 2.45) is 5.92 Å². The number of hydrogen-bond donors (Lipinski definition) is 2. The van der Waals surface area contributed by atoms with Crippen LogP contribution in [0.3, 0.4) is 0 Å². The molecule has 0 radical (unpaired) electrons. The first-order valence-corrected chi connectivity index (χ1v) is 6.35. The first-order chi connectivity index (χ1) is 8.39. The van der Waals surface area contributed by atoms with E-state index in [4.69, 9.17) is 0 Å². The highest BCUT2D eigenvalue weighted by Gasteiger charge is 2.22. The topological polar surface area (TPSA) is 67.2 Å². The molecule has 1 heterocycles. The van der Waals surface area contributed by atoms with Gasteiger partial charge in [0.25, 0.3) is 0 Å². The molecule has 0 aliphatic rings. The van der Waals surface area contributed by atoms with Gasteiger partial charge in [-0.2, -0.15) is 5.10 Å². The van der Waals surface area contributed by atoms with Crippen LogP contribution in [0.4, 0.5) is 0 Å². The maximum Gasteiger partial charge on any atom is 0.221 e. The van der Waals surface area contributed by atoms with Gasteiger partial charge in [0.2, 0.25) is 5.91 Å². The molecule has 5 heteroatoms. The van der Waals surface area contributed by atoms with Crippen LogP contribution in [-0.4, -0.2) is 32.9 Å². The van der Waals surface area contributed by atoms with Crippen LogP contribution >= 0.6 is 0 Å². The van der Waals surface area contributed by atoms with E-state index in [1.165, 1.54) is 0 Å². The molecule has 0 aliphatic carbocycles. The number of aliphatic hydroxyl groups is 1. The van der Waals surface area contributed by atoms with Crippen LogP contribution in [0.15, 0.2) is 18.5 Å². The Morgan fingerprint density at radius 3 is 2.83 bits per heavy atom. The van der Waals surface area contributed by atoms with Crippen LogP contribution in [0.25, 0.3) is 0 Å². The number of nitrogens with zero attached hydrogens (tertiary/aromatic N) is 2. The highest BCUT2D eigenvalue weighted by Crippen LogP contribution is 2.14. The molecule has 0 aliphatic heterocycles. The fourth-order valence-corrected chi connectivity index (χ4v) is 1.98. The summed E-state index contributed by atoms with van der Waals surface area (Å²) in [4.78, 5) is 11.6. The minimum Gasteiger partial charge on any atom is -0.388 e. The van der Waals surface area contributed by atoms with Crippen LogP contribution in [0.5, 0.6) is 0 Å². The molecule has 18 heavy (non-hydrogen) atoms. The number of hydrogen-bond acceptors (Lipinski definition) is 3. The molecule has 1 amide bonds. The van der Waals surface area contributed by atoms with Gasteiger partial charge in [0, 0.05) is 31.9 Å². The number of aromatic nitrogens is 2. The molecule has 0 fully saturated rings. The van der Waals surface area contributed by atoms with Crippen molar-refractivity contribution in [2.45, 2.75) is 45.8 Å². The molecule has 0 bridgehead atoms. The van der Waals surface area contributed by atoms with Crippen molar-refractivity contribution in [1.29, 1.82) is 0 Å². The lowest BCUT2D eigenvalue weighted by atomic mass is 9.94. The fourth-order valence-electron chi connectivity index (χ4n) is 1.98. The normalized spacial score (nSPS) is 14.5. The van der Waals surface area contributed by atoms with E-state index in [1.807, 2.05) is 26.1 Å². The van der Waals surface area contributed by atoms with Crippen molar-refractivity contribution < 1.29 is 9.90 Å². The summed E-state index contributed by atoms with van der Waals surface area (Å²) in [6, 6.07) is 1.82. The molecule has 2 N–H and O–H groups in total. The number of nitrogens with one attached hydrogen (secondary N) is 1. The van der Waals surface area contributed by atoms with Gasteiger partial charge >= 0.3 is 0 Å². The third-order valence-electron chi connectivity index (χ3n) is 2.64. The van der Waals surface area contributed by atoms with E-state index < -0.39 is 5.60 Å². The maximum absolute atomic E-state index is 11.6. The largest absolute Gasteiger partial charge is 0.388 e. The van der Waals surface area contributed by atoms with Crippen molar-refractivity contribution in [3.05, 3.63) is 18.5 Å². The molecule has 0 saturated heterocycles. The van der Waals surface area contributed by atoms with Gasteiger partial charge in [-0.1, -0.05) is 13.8 Å². The van der Waals surface area contributed by atoms with Gasteiger partial charge in [-0.05, 0) is 25.3 Å². The second-order valence-corrected chi connectivity index (χ2v) is 5.39. The molecular formula is C13H23N3O2. The van der Waals surface area contributed by atoms with Gasteiger partial charge in [-0.15, -0.1) is 0 Å². The lowest BCUT2D eigenvalue weighted by Gasteiger charge is -2.25. The van der Waals surface area contributed by atoms with Crippen molar-refractivity contribution in [3.63, 3.8) is 0 Å². The summed E-state index contributed by atoms with van der Waals surface area (Å²) in [6.45, 7) is 6.71. The predicted octanol–water partition coefficient (Wildman–Crippen LogP) is 1.19. The Morgan fingerprint density at radius 1 is 1.56 bits per heavy atom. The summed E-state index contributed by atoms with van der Waals surface area (Å²) >= 11 is 0. The Hall–Kier alpha value is -1.36. The Bertz CT molecular complexity index is 358. The summed E-state index contributed by atoms with van der Waals surface area (Å²) in [5.41, 5.74) is -0.838. The standard InChI is InChI=1S/C13H23N3O2/c1-11(2)9-13(3,18)10-14-12(17)5-8-16-7-4-6-15-16/h4,6-7,11,18H,5,8-10H2,1-3H3,(H,14,17). The van der Waals surface area contributed by atoms with Gasteiger partial charge in [0.15, 0.2) is 0 Å². The van der Waals surface area contributed by atoms with Gasteiger partial charge in [0.05, 0.1) is 5.60 Å². The molecule has 1 aromatic heterocycles. The highest BCUT2D eigenvalue weighted by molar-refractivity contribution is 5.75. The molecule has 0 spiro atoms. The molecule has 5 nitrogen and oxygen atoms in total. The highest BCUT2D eigenvalue weighted by atomic mass is 16.3. The van der Waals surface area contributed by atoms with E-state index in [9.17, 15) is 9.90 Å². The molecule has 1 aromatic rings. The van der Waals surface area contributed by atoms with Crippen molar-refractivity contribution >= 4 is 5.91 Å². The van der Waals surface area contributed by atoms with Gasteiger partial charge in [0.1, 0.15) is 0 Å². The molecular weight excluding hydrogens is 230 g/mol. The average Bonchev–Trinajstić information content (AvgIpc) is 2.74. The number of aryl methyl sites for hydroxylation is 1. The maximum atomic E-state index is 11.6. The third-order valence-corrected chi connectivity index (χ3v) is 2.64. The van der Waals surface area contributed by atoms with Crippen molar-refractivity contribution in [1.82, 2.24) is 15.1 Å². The van der Waals surface area contributed by atoms with Crippen LogP contribution in [-0.2, 0) is 11.3 Å². The van der Waals surface area contributed by atoms with Crippen LogP contribution in [0.2, 0.25) is 0 Å². The monoisotopic (exact) mass is 253 g/mol. The van der Waals surface area contributed by atoms with Gasteiger partial charge in [-0.25, -0.2) is 0 Å². The zero-order valence-electron chi connectivity index (χ0n) is 11.4. The smallest absolute Gasteiger partial charge is 0.221 e. The van der Waals surface area contributed by atoms with Crippen LogP contribution in [0.1, 0.15) is 33.6 Å². The van der Waals surface area contributed by atoms with Crippen LogP contribution in [0, 0.1) is 5.92 Å². The molecule has 1 atom stereocenters. The number of rotatable bonds is 7. The summed E-state index contributed by atoms with van der Waals surface area (Å²) in [5.74, 6) is 0.343. The van der Waals surface area contributed by atoms with E-state index in [-0.39, 0.29) is 5.91 Å². The summed E-state index contributed by atoms with van der Waals surface area (Å²) < 4.78 is 1.71. The lowest BCUT2D eigenvalue weighted by molar-refractivity contribution is -0.122. The quantitative estimate of drug-likeness (QED) is 0.767. The zero-order valence-corrected chi connectivity index (χ0v) is 11.4. The first kappa shape index (κ1) is 14.7. The number of carbonyl (C=O) groups excluding carboxylic acids is 1. The van der Waals surface area contributed by atoms with Gasteiger partial charge < -0.3 is 10.4 Å². The van der Waals surface area contributed by atoms with E-state index in [2.05, 4.69) is 10.4 Å². The average molecular weight is 253 g/mol. The Labute approximate surface area is 108 Å². The summed E-state index contributed by atoms with van der Waals surface area (Å²) in [6.07, 6.45) is 4.55. The Morgan fingerprint density at radius 2 is 2.28 bits per heavy atom.